The minimum absolute atomic E-state index is 0.908. The predicted octanol–water partition coefficient (Wildman–Crippen LogP) is 4.08. The highest BCUT2D eigenvalue weighted by Gasteiger charge is 2.17. The fourth-order valence-electron chi connectivity index (χ4n) is 3.57. The van der Waals surface area contributed by atoms with Crippen LogP contribution >= 0.6 is 11.3 Å². The summed E-state index contributed by atoms with van der Waals surface area (Å²) in [7, 11) is 4.19. The lowest BCUT2D eigenvalue weighted by Gasteiger charge is -2.18. The maximum absolute atomic E-state index is 4.79. The number of aromatic nitrogens is 2. The summed E-state index contributed by atoms with van der Waals surface area (Å²) in [5.74, 6) is 0. The van der Waals surface area contributed by atoms with Crippen molar-refractivity contribution in [3.63, 3.8) is 0 Å². The molecule has 0 amide bonds. The van der Waals surface area contributed by atoms with Gasteiger partial charge < -0.3 is 4.90 Å². The zero-order valence-corrected chi connectivity index (χ0v) is 16.4. The number of benzene rings is 1. The first-order valence-electron chi connectivity index (χ1n) is 9.24. The molecule has 1 aliphatic heterocycles. The summed E-state index contributed by atoms with van der Waals surface area (Å²) in [6.45, 7) is 5.07. The summed E-state index contributed by atoms with van der Waals surface area (Å²) in [4.78, 5) is 7.52. The van der Waals surface area contributed by atoms with Gasteiger partial charge in [-0.25, -0.2) is 0 Å². The molecule has 4 rings (SSSR count). The molecule has 1 aliphatic rings. The van der Waals surface area contributed by atoms with E-state index in [0.29, 0.717) is 0 Å². The third-order valence-corrected chi connectivity index (χ3v) is 5.84. The first kappa shape index (κ1) is 17.5. The molecule has 0 atom stereocenters. The standard InChI is InChI=1S/C21H26N4S/c1-23(2)14-18-13-19-15-24(11-6-12-25(19)22-18)16-20-9-10-21(26-20)17-7-4-3-5-8-17/h3-5,7-10,13H,6,11-12,14-16H2,1-2H3. The van der Waals surface area contributed by atoms with Gasteiger partial charge in [0.25, 0.3) is 0 Å². The van der Waals surface area contributed by atoms with Gasteiger partial charge in [0.15, 0.2) is 0 Å². The normalized spacial score (nSPS) is 15.2. The summed E-state index contributed by atoms with van der Waals surface area (Å²) in [6, 6.07) is 17.5. The first-order valence-corrected chi connectivity index (χ1v) is 10.1. The van der Waals surface area contributed by atoms with Crippen molar-refractivity contribution >= 4 is 11.3 Å². The van der Waals surface area contributed by atoms with E-state index in [1.54, 1.807) is 0 Å². The van der Waals surface area contributed by atoms with Crippen molar-refractivity contribution in [2.24, 2.45) is 0 Å². The van der Waals surface area contributed by atoms with Crippen LogP contribution in [0.25, 0.3) is 10.4 Å². The van der Waals surface area contributed by atoms with Crippen LogP contribution < -0.4 is 0 Å². The summed E-state index contributed by atoms with van der Waals surface area (Å²) < 4.78 is 2.21. The number of rotatable bonds is 5. The topological polar surface area (TPSA) is 24.3 Å². The van der Waals surface area contributed by atoms with Crippen molar-refractivity contribution in [3.8, 4) is 10.4 Å². The molecule has 0 saturated carbocycles. The number of fused-ring (bicyclic) bond motifs is 1. The quantitative estimate of drug-likeness (QED) is 0.680. The number of hydrogen-bond acceptors (Lipinski definition) is 4. The minimum Gasteiger partial charge on any atom is -0.304 e. The highest BCUT2D eigenvalue weighted by atomic mass is 32.1. The second kappa shape index (κ2) is 7.74. The van der Waals surface area contributed by atoms with Crippen molar-refractivity contribution in [2.45, 2.75) is 32.6 Å². The largest absolute Gasteiger partial charge is 0.304 e. The van der Waals surface area contributed by atoms with Crippen LogP contribution in [0.4, 0.5) is 0 Å². The maximum Gasteiger partial charge on any atom is 0.0767 e. The van der Waals surface area contributed by atoms with Gasteiger partial charge >= 0.3 is 0 Å². The van der Waals surface area contributed by atoms with Crippen LogP contribution in [0.3, 0.4) is 0 Å². The Morgan fingerprint density at radius 2 is 1.92 bits per heavy atom. The van der Waals surface area contributed by atoms with E-state index >= 15 is 0 Å². The van der Waals surface area contributed by atoms with E-state index in [1.807, 2.05) is 11.3 Å². The summed E-state index contributed by atoms with van der Waals surface area (Å²) in [5.41, 5.74) is 3.83. The Hall–Kier alpha value is -1.95. The van der Waals surface area contributed by atoms with Crippen molar-refractivity contribution in [3.05, 3.63) is 64.8 Å². The van der Waals surface area contributed by atoms with Gasteiger partial charge in [-0.2, -0.15) is 5.10 Å². The van der Waals surface area contributed by atoms with Crippen LogP contribution in [0.15, 0.2) is 48.5 Å². The van der Waals surface area contributed by atoms with Crippen molar-refractivity contribution < 1.29 is 0 Å². The van der Waals surface area contributed by atoms with Crippen molar-refractivity contribution in [1.29, 1.82) is 0 Å². The number of aryl methyl sites for hydroxylation is 1. The molecule has 0 unspecified atom stereocenters. The molecule has 136 valence electrons. The Balaban J connectivity index is 1.45. The number of nitrogens with zero attached hydrogens (tertiary/aromatic N) is 4. The van der Waals surface area contributed by atoms with Crippen LogP contribution in [0.5, 0.6) is 0 Å². The Bertz CT molecular complexity index is 850. The second-order valence-corrected chi connectivity index (χ2v) is 8.45. The van der Waals surface area contributed by atoms with Crippen molar-refractivity contribution in [2.75, 3.05) is 20.6 Å². The molecule has 0 saturated heterocycles. The Kier molecular flexibility index (Phi) is 5.20. The molecular formula is C21H26N4S. The molecule has 0 aliphatic carbocycles. The third-order valence-electron chi connectivity index (χ3n) is 4.72. The summed E-state index contributed by atoms with van der Waals surface area (Å²) in [6.07, 6.45) is 1.16. The molecule has 26 heavy (non-hydrogen) atoms. The van der Waals surface area contributed by atoms with Gasteiger partial charge in [-0.1, -0.05) is 30.3 Å². The van der Waals surface area contributed by atoms with Gasteiger partial charge in [0.2, 0.25) is 0 Å². The van der Waals surface area contributed by atoms with Gasteiger partial charge in [-0.05, 0) is 44.3 Å². The smallest absolute Gasteiger partial charge is 0.0767 e. The van der Waals surface area contributed by atoms with Crippen LogP contribution in [-0.2, 0) is 26.2 Å². The lowest BCUT2D eigenvalue weighted by molar-refractivity contribution is 0.263. The maximum atomic E-state index is 4.79. The molecule has 0 N–H and O–H groups in total. The lowest BCUT2D eigenvalue weighted by atomic mass is 10.2. The average molecular weight is 367 g/mol. The fraction of sp³-hybridized carbons (Fsp3) is 0.381. The van der Waals surface area contributed by atoms with E-state index in [9.17, 15) is 0 Å². The molecule has 0 spiro atoms. The minimum atomic E-state index is 0.908. The van der Waals surface area contributed by atoms with E-state index in [1.165, 1.54) is 26.7 Å². The molecule has 0 radical (unpaired) electrons. The first-order chi connectivity index (χ1) is 12.7. The van der Waals surface area contributed by atoms with E-state index in [0.717, 1.165) is 39.1 Å². The zero-order valence-electron chi connectivity index (χ0n) is 15.6. The zero-order chi connectivity index (χ0) is 17.9. The molecule has 3 heterocycles. The summed E-state index contributed by atoms with van der Waals surface area (Å²) >= 11 is 1.91. The Labute approximate surface area is 159 Å². The van der Waals surface area contributed by atoms with E-state index in [-0.39, 0.29) is 0 Å². The molecule has 0 bridgehead atoms. The molecule has 3 aromatic rings. The average Bonchev–Trinajstić information content (AvgIpc) is 3.18. The van der Waals surface area contributed by atoms with Crippen LogP contribution in [-0.4, -0.2) is 40.2 Å². The number of hydrogen-bond donors (Lipinski definition) is 0. The molecule has 2 aromatic heterocycles. The van der Waals surface area contributed by atoms with E-state index in [4.69, 9.17) is 5.10 Å². The van der Waals surface area contributed by atoms with Crippen LogP contribution in [0.2, 0.25) is 0 Å². The SMILES string of the molecule is CN(C)Cc1cc2n(n1)CCCN(Cc1ccc(-c3ccccc3)s1)C2. The molecule has 0 fully saturated rings. The van der Waals surface area contributed by atoms with Gasteiger partial charge in [0.05, 0.1) is 11.4 Å². The van der Waals surface area contributed by atoms with Crippen LogP contribution in [0, 0.1) is 0 Å². The van der Waals surface area contributed by atoms with Gasteiger partial charge in [-0.15, -0.1) is 11.3 Å². The van der Waals surface area contributed by atoms with Crippen molar-refractivity contribution in [1.82, 2.24) is 19.6 Å². The molecular weight excluding hydrogens is 340 g/mol. The van der Waals surface area contributed by atoms with E-state index < -0.39 is 0 Å². The van der Waals surface area contributed by atoms with Gasteiger partial charge in [0, 0.05) is 42.5 Å². The van der Waals surface area contributed by atoms with E-state index in [2.05, 4.69) is 77.1 Å². The summed E-state index contributed by atoms with van der Waals surface area (Å²) in [5, 5.41) is 4.79. The molecule has 4 nitrogen and oxygen atoms in total. The Morgan fingerprint density at radius 1 is 1.08 bits per heavy atom. The lowest BCUT2D eigenvalue weighted by Crippen LogP contribution is -2.22. The van der Waals surface area contributed by atoms with Crippen LogP contribution in [0.1, 0.15) is 22.7 Å². The number of thiophene rings is 1. The highest BCUT2D eigenvalue weighted by molar-refractivity contribution is 7.15. The van der Waals surface area contributed by atoms with Gasteiger partial charge in [-0.3, -0.25) is 9.58 Å². The second-order valence-electron chi connectivity index (χ2n) is 7.28. The monoisotopic (exact) mass is 366 g/mol. The Morgan fingerprint density at radius 3 is 2.73 bits per heavy atom. The molecule has 5 heteroatoms. The predicted molar refractivity (Wildman–Crippen MR) is 108 cm³/mol. The molecule has 1 aromatic carbocycles. The highest BCUT2D eigenvalue weighted by Crippen LogP contribution is 2.29. The fourth-order valence-corrected chi connectivity index (χ4v) is 4.62. The third kappa shape index (κ3) is 4.06. The van der Waals surface area contributed by atoms with Gasteiger partial charge in [0.1, 0.15) is 0 Å².